The Bertz CT molecular complexity index is 1670. The van der Waals surface area contributed by atoms with Gasteiger partial charge in [0.1, 0.15) is 23.4 Å². The number of hydrogen-bond acceptors (Lipinski definition) is 7. The van der Waals surface area contributed by atoms with Crippen molar-refractivity contribution in [1.29, 1.82) is 0 Å². The van der Waals surface area contributed by atoms with Crippen molar-refractivity contribution >= 4 is 40.4 Å². The maximum Gasteiger partial charge on any atom is 0.416 e. The molecule has 1 aromatic carbocycles. The summed E-state index contributed by atoms with van der Waals surface area (Å²) in [4.78, 5) is 33.4. The van der Waals surface area contributed by atoms with Crippen LogP contribution in [-0.2, 0) is 22.3 Å². The highest BCUT2D eigenvalue weighted by molar-refractivity contribution is 6.06. The number of nitrogens with zero attached hydrogens (tertiary/aromatic N) is 4. The zero-order valence-corrected chi connectivity index (χ0v) is 22.8. The van der Waals surface area contributed by atoms with Crippen LogP contribution in [0, 0.1) is 0 Å². The topological polar surface area (TPSA) is 137 Å². The molecule has 13 heteroatoms. The van der Waals surface area contributed by atoms with Gasteiger partial charge >= 0.3 is 6.18 Å². The van der Waals surface area contributed by atoms with Gasteiger partial charge in [-0.05, 0) is 44.5 Å². The van der Waals surface area contributed by atoms with Crippen molar-refractivity contribution in [2.45, 2.75) is 45.1 Å². The maximum absolute atomic E-state index is 13.0. The minimum atomic E-state index is -4.56. The van der Waals surface area contributed by atoms with Crippen molar-refractivity contribution in [1.82, 2.24) is 25.1 Å². The fourth-order valence-electron chi connectivity index (χ4n) is 4.59. The van der Waals surface area contributed by atoms with Gasteiger partial charge in [0.05, 0.1) is 23.1 Å². The number of nitrogen functional groups attached to an aromatic ring is 1. The summed E-state index contributed by atoms with van der Waals surface area (Å²) in [5.74, 6) is -0.756. The van der Waals surface area contributed by atoms with Gasteiger partial charge in [-0.1, -0.05) is 24.3 Å². The van der Waals surface area contributed by atoms with Crippen molar-refractivity contribution < 1.29 is 27.5 Å². The third-order valence-electron chi connectivity index (χ3n) is 6.85. The predicted molar refractivity (Wildman–Crippen MR) is 151 cm³/mol. The summed E-state index contributed by atoms with van der Waals surface area (Å²) in [5.41, 5.74) is 8.37. The zero-order valence-electron chi connectivity index (χ0n) is 22.8. The number of hydrogen-bond donors (Lipinski definition) is 3. The van der Waals surface area contributed by atoms with E-state index in [1.807, 2.05) is 17.7 Å². The number of rotatable bonds is 3. The Morgan fingerprint density at radius 1 is 1.17 bits per heavy atom. The molecule has 0 saturated heterocycles. The van der Waals surface area contributed by atoms with Crippen LogP contribution in [0.1, 0.15) is 41.8 Å². The number of anilines is 2. The van der Waals surface area contributed by atoms with Crippen LogP contribution in [0.15, 0.2) is 54.9 Å². The first-order valence-corrected chi connectivity index (χ1v) is 13.2. The highest BCUT2D eigenvalue weighted by Crippen LogP contribution is 2.34. The van der Waals surface area contributed by atoms with Crippen molar-refractivity contribution in [3.63, 3.8) is 0 Å². The first-order valence-electron chi connectivity index (χ1n) is 13.2. The molecule has 2 atom stereocenters. The van der Waals surface area contributed by atoms with Crippen LogP contribution in [0.25, 0.3) is 28.2 Å². The lowest BCUT2D eigenvalue weighted by molar-refractivity contribution is -0.137. The number of carbonyl (C=O) groups is 2. The molecule has 0 aliphatic carbocycles. The van der Waals surface area contributed by atoms with Gasteiger partial charge in [0.25, 0.3) is 5.91 Å². The molecule has 218 valence electrons. The van der Waals surface area contributed by atoms with Crippen molar-refractivity contribution in [3.05, 3.63) is 71.6 Å². The molecule has 10 nitrogen and oxygen atoms in total. The van der Waals surface area contributed by atoms with Crippen LogP contribution in [0.2, 0.25) is 0 Å². The van der Waals surface area contributed by atoms with Gasteiger partial charge in [0.2, 0.25) is 5.91 Å². The fourth-order valence-corrected chi connectivity index (χ4v) is 4.59. The molecule has 3 aromatic heterocycles. The molecule has 1 aliphatic heterocycles. The van der Waals surface area contributed by atoms with E-state index in [1.165, 1.54) is 0 Å². The van der Waals surface area contributed by atoms with E-state index >= 15 is 0 Å². The lowest BCUT2D eigenvalue weighted by Crippen LogP contribution is -2.40. The van der Waals surface area contributed by atoms with Crippen LogP contribution in [0.3, 0.4) is 0 Å². The third-order valence-corrected chi connectivity index (χ3v) is 6.85. The normalized spacial score (nSPS) is 18.8. The van der Waals surface area contributed by atoms with E-state index < -0.39 is 23.8 Å². The number of benzene rings is 1. The maximum atomic E-state index is 13.0. The molecule has 0 bridgehead atoms. The predicted octanol–water partition coefficient (Wildman–Crippen LogP) is 4.67. The van der Waals surface area contributed by atoms with Crippen LogP contribution >= 0.6 is 0 Å². The number of aryl methyl sites for hydroxylation is 1. The molecule has 0 fully saturated rings. The molecule has 0 radical (unpaired) electrons. The lowest BCUT2D eigenvalue weighted by atomic mass is 10.0. The number of aromatic nitrogens is 4. The number of halogens is 3. The Balaban J connectivity index is 1.47. The number of alkyl halides is 3. The average molecular weight is 580 g/mol. The molecule has 42 heavy (non-hydrogen) atoms. The Labute approximate surface area is 238 Å². The lowest BCUT2D eigenvalue weighted by Gasteiger charge is -2.17. The molecule has 4 N–H and O–H groups in total. The van der Waals surface area contributed by atoms with Crippen LogP contribution < -0.4 is 16.4 Å². The number of nitrogens with one attached hydrogen (secondary N) is 2. The molecular weight excluding hydrogens is 551 g/mol. The summed E-state index contributed by atoms with van der Waals surface area (Å²) in [6.07, 6.45) is 1.70. The molecular formula is C29H28F3N7O3. The van der Waals surface area contributed by atoms with Gasteiger partial charge < -0.3 is 21.1 Å². The van der Waals surface area contributed by atoms with Gasteiger partial charge in [-0.25, -0.2) is 9.97 Å². The van der Waals surface area contributed by atoms with Crippen molar-refractivity contribution in [2.24, 2.45) is 0 Å². The number of carbonyl (C=O) groups excluding carboxylic acids is 2. The smallest absolute Gasteiger partial charge is 0.383 e. The molecule has 5 rings (SSSR count). The van der Waals surface area contributed by atoms with Crippen LogP contribution in [0.4, 0.5) is 24.8 Å². The van der Waals surface area contributed by atoms with E-state index in [1.54, 1.807) is 43.5 Å². The number of nitrogens with two attached hydrogens (primary N) is 1. The van der Waals surface area contributed by atoms with Gasteiger partial charge in [0, 0.05) is 41.7 Å². The molecule has 0 saturated carbocycles. The zero-order chi connectivity index (χ0) is 30.0. The van der Waals surface area contributed by atoms with Gasteiger partial charge in [0.15, 0.2) is 0 Å². The van der Waals surface area contributed by atoms with Gasteiger partial charge in [-0.3, -0.25) is 14.3 Å². The minimum absolute atomic E-state index is 0.147. The second-order valence-corrected chi connectivity index (χ2v) is 9.93. The highest BCUT2D eigenvalue weighted by Gasteiger charge is 2.31. The molecule has 4 aromatic rings. The Kier molecular flexibility index (Phi) is 7.94. The van der Waals surface area contributed by atoms with E-state index in [0.717, 1.165) is 29.4 Å². The van der Waals surface area contributed by atoms with E-state index in [-0.39, 0.29) is 35.8 Å². The van der Waals surface area contributed by atoms with Crippen molar-refractivity contribution in [3.8, 4) is 11.3 Å². The number of ether oxygens (including phenoxy) is 1. The summed E-state index contributed by atoms with van der Waals surface area (Å²) in [6.45, 7) is 4.30. The Morgan fingerprint density at radius 2 is 1.93 bits per heavy atom. The van der Waals surface area contributed by atoms with Crippen molar-refractivity contribution in [2.75, 3.05) is 17.7 Å². The quantitative estimate of drug-likeness (QED) is 0.321. The Hall–Kier alpha value is -4.78. The largest absolute Gasteiger partial charge is 0.416 e. The van der Waals surface area contributed by atoms with E-state index in [2.05, 4.69) is 20.6 Å². The summed E-state index contributed by atoms with van der Waals surface area (Å²) in [5, 5.41) is 10.8. The third kappa shape index (κ3) is 6.10. The Morgan fingerprint density at radius 3 is 2.67 bits per heavy atom. The number of amides is 2. The molecule has 1 aliphatic rings. The molecule has 2 amide bonds. The minimum Gasteiger partial charge on any atom is -0.383 e. The second-order valence-electron chi connectivity index (χ2n) is 9.93. The van der Waals surface area contributed by atoms with E-state index in [9.17, 15) is 22.8 Å². The van der Waals surface area contributed by atoms with Gasteiger partial charge in [-0.2, -0.15) is 18.3 Å². The summed E-state index contributed by atoms with van der Waals surface area (Å²) in [7, 11) is 0. The second kappa shape index (κ2) is 11.6. The first-order chi connectivity index (χ1) is 20.0. The molecule has 0 spiro atoms. The SMILES string of the molecule is C[C@@H]1CCn2nc(-c3ccc(C(=O)Nc4cc(C(F)(F)F)ccn4)cc3)c3c(N)ncc(c32)/C=C/CO[C@@H](C)C(=O)N1. The number of pyridine rings is 2. The standard InChI is InChI=1S/C29H28F3N7O3/c1-16-10-12-39-25-20(4-3-13-42-17(2)27(40)36-16)15-35-26(33)23(25)24(38-39)18-5-7-19(8-6-18)28(41)37-22-14-21(9-11-34-22)29(30,31)32/h3-9,11,14-17H,10,12-13H2,1-2H3,(H2,33,35)(H,36,40)(H,34,37,41)/b4-3+/t16-,17+/m1/s1. The molecule has 0 unspecified atom stereocenters. The highest BCUT2D eigenvalue weighted by atomic mass is 19.4. The summed E-state index contributed by atoms with van der Waals surface area (Å²) >= 11 is 0. The fraction of sp³-hybridized carbons (Fsp3) is 0.276. The van der Waals surface area contributed by atoms with E-state index in [4.69, 9.17) is 15.6 Å². The summed E-state index contributed by atoms with van der Waals surface area (Å²) in [6, 6.07) is 7.89. The van der Waals surface area contributed by atoms with E-state index in [0.29, 0.717) is 29.6 Å². The van der Waals surface area contributed by atoms with Crippen LogP contribution in [0.5, 0.6) is 0 Å². The van der Waals surface area contributed by atoms with Gasteiger partial charge in [-0.15, -0.1) is 0 Å². The average Bonchev–Trinajstić information content (AvgIpc) is 3.35. The first kappa shape index (κ1) is 28.7. The van der Waals surface area contributed by atoms with Crippen LogP contribution in [-0.4, -0.2) is 50.3 Å². The monoisotopic (exact) mass is 579 g/mol. The summed E-state index contributed by atoms with van der Waals surface area (Å²) < 4.78 is 46.5. The molecule has 4 heterocycles.